The van der Waals surface area contributed by atoms with Gasteiger partial charge in [-0.25, -0.2) is 0 Å². The van der Waals surface area contributed by atoms with Crippen LogP contribution >= 0.6 is 0 Å². The van der Waals surface area contributed by atoms with Crippen LogP contribution in [-0.2, 0) is 16.0 Å². The van der Waals surface area contributed by atoms with Crippen LogP contribution in [0.15, 0.2) is 54.6 Å². The highest BCUT2D eigenvalue weighted by Crippen LogP contribution is 2.10. The maximum Gasteiger partial charge on any atom is 0.303 e. The van der Waals surface area contributed by atoms with Crippen LogP contribution in [-0.4, -0.2) is 28.8 Å². The highest BCUT2D eigenvalue weighted by Gasteiger charge is 2.22. The summed E-state index contributed by atoms with van der Waals surface area (Å²) in [6, 6.07) is 16.4. The highest BCUT2D eigenvalue weighted by atomic mass is 16.4. The number of nitriles is 1. The van der Waals surface area contributed by atoms with E-state index in [-0.39, 0.29) is 25.0 Å². The number of nitrogens with zero attached hydrogens (tertiary/aromatic N) is 1. The fourth-order valence-corrected chi connectivity index (χ4v) is 2.43. The van der Waals surface area contributed by atoms with Crippen LogP contribution in [0.2, 0.25) is 0 Å². The molecular weight excluding hydrogens is 332 g/mol. The summed E-state index contributed by atoms with van der Waals surface area (Å²) in [6.07, 6.45) is -0.224. The molecular formula is C20H18N2O4. The number of carboxylic acid groups (broad SMARTS) is 1. The number of Topliss-reactive ketones (excluding diaryl/α,β-unsaturated/α-hetero) is 1. The number of hydrogen-bond donors (Lipinski definition) is 2. The Morgan fingerprint density at radius 2 is 1.65 bits per heavy atom. The molecule has 0 saturated heterocycles. The Balaban J connectivity index is 2.14. The molecule has 0 aliphatic carbocycles. The van der Waals surface area contributed by atoms with Crippen LogP contribution in [0.5, 0.6) is 0 Å². The van der Waals surface area contributed by atoms with Crippen molar-refractivity contribution in [2.24, 2.45) is 0 Å². The van der Waals surface area contributed by atoms with Gasteiger partial charge >= 0.3 is 5.97 Å². The molecule has 0 unspecified atom stereocenters. The standard InChI is InChI=1S/C20H18N2O4/c21-13-15-8-6-14(7-9-15)12-17(18(23)10-11-19(24)25)22-20(26)16-4-2-1-3-5-16/h1-9,17H,10-12H2,(H,22,26)(H,24,25)/t17-/m0/s1. The maximum absolute atomic E-state index is 12.4. The first-order valence-corrected chi connectivity index (χ1v) is 8.09. The van der Waals surface area contributed by atoms with Crippen LogP contribution in [0.1, 0.15) is 34.3 Å². The number of amides is 1. The lowest BCUT2D eigenvalue weighted by atomic mass is 9.98. The molecule has 0 spiro atoms. The monoisotopic (exact) mass is 350 g/mol. The molecule has 6 nitrogen and oxygen atoms in total. The number of aliphatic carboxylic acids is 1. The predicted octanol–water partition coefficient (Wildman–Crippen LogP) is 2.33. The second kappa shape index (κ2) is 9.14. The van der Waals surface area contributed by atoms with Crippen molar-refractivity contribution in [2.75, 3.05) is 0 Å². The summed E-state index contributed by atoms with van der Waals surface area (Å²) in [6.45, 7) is 0. The number of ketones is 1. The molecule has 0 aliphatic rings. The first-order valence-electron chi connectivity index (χ1n) is 8.09. The molecule has 0 radical (unpaired) electrons. The summed E-state index contributed by atoms with van der Waals surface area (Å²) >= 11 is 0. The summed E-state index contributed by atoms with van der Waals surface area (Å²) in [5.74, 6) is -1.81. The van der Waals surface area contributed by atoms with E-state index in [0.29, 0.717) is 11.1 Å². The molecule has 2 aromatic carbocycles. The molecule has 2 N–H and O–H groups in total. The van der Waals surface area contributed by atoms with Gasteiger partial charge in [0.15, 0.2) is 5.78 Å². The van der Waals surface area contributed by atoms with Gasteiger partial charge < -0.3 is 10.4 Å². The van der Waals surface area contributed by atoms with Gasteiger partial charge in [-0.15, -0.1) is 0 Å². The molecule has 0 aromatic heterocycles. The van der Waals surface area contributed by atoms with E-state index in [1.54, 1.807) is 54.6 Å². The van der Waals surface area contributed by atoms with Gasteiger partial charge in [0, 0.05) is 12.0 Å². The molecule has 2 rings (SSSR count). The van der Waals surface area contributed by atoms with Crippen molar-refractivity contribution in [2.45, 2.75) is 25.3 Å². The van der Waals surface area contributed by atoms with Crippen molar-refractivity contribution in [3.63, 3.8) is 0 Å². The second-order valence-electron chi connectivity index (χ2n) is 5.76. The van der Waals surface area contributed by atoms with Gasteiger partial charge in [-0.3, -0.25) is 14.4 Å². The van der Waals surface area contributed by atoms with Crippen molar-refractivity contribution in [3.8, 4) is 6.07 Å². The summed E-state index contributed by atoms with van der Waals surface area (Å²) in [4.78, 5) is 35.5. The third kappa shape index (κ3) is 5.56. The van der Waals surface area contributed by atoms with Gasteiger partial charge in [0.2, 0.25) is 0 Å². The lowest BCUT2D eigenvalue weighted by molar-refractivity contribution is -0.138. The SMILES string of the molecule is N#Cc1ccc(C[C@H](NC(=O)c2ccccc2)C(=O)CCC(=O)O)cc1. The first-order chi connectivity index (χ1) is 12.5. The van der Waals surface area contributed by atoms with Gasteiger partial charge in [-0.05, 0) is 36.2 Å². The van der Waals surface area contributed by atoms with Crippen molar-refractivity contribution >= 4 is 17.7 Å². The quantitative estimate of drug-likeness (QED) is 0.760. The van der Waals surface area contributed by atoms with E-state index in [9.17, 15) is 14.4 Å². The van der Waals surface area contributed by atoms with E-state index in [1.807, 2.05) is 6.07 Å². The van der Waals surface area contributed by atoms with Crippen molar-refractivity contribution in [1.82, 2.24) is 5.32 Å². The topological polar surface area (TPSA) is 107 Å². The first kappa shape index (κ1) is 18.9. The number of benzene rings is 2. The highest BCUT2D eigenvalue weighted by molar-refractivity contribution is 5.98. The molecule has 0 fully saturated rings. The zero-order valence-electron chi connectivity index (χ0n) is 14.0. The van der Waals surface area contributed by atoms with Gasteiger partial charge in [0.05, 0.1) is 24.1 Å². The summed E-state index contributed by atoms with van der Waals surface area (Å²) in [5, 5.41) is 20.3. The Kier molecular flexibility index (Phi) is 6.63. The smallest absolute Gasteiger partial charge is 0.303 e. The van der Waals surface area contributed by atoms with Gasteiger partial charge in [0.25, 0.3) is 5.91 Å². The average molecular weight is 350 g/mol. The van der Waals surface area contributed by atoms with Crippen molar-refractivity contribution < 1.29 is 19.5 Å². The fourth-order valence-electron chi connectivity index (χ4n) is 2.43. The lowest BCUT2D eigenvalue weighted by Gasteiger charge is -2.18. The van der Waals surface area contributed by atoms with Gasteiger partial charge in [-0.1, -0.05) is 30.3 Å². The van der Waals surface area contributed by atoms with E-state index in [4.69, 9.17) is 10.4 Å². The Morgan fingerprint density at radius 1 is 1.00 bits per heavy atom. The number of carboxylic acids is 1. The summed E-state index contributed by atoms with van der Waals surface area (Å²) in [7, 11) is 0. The van der Waals surface area contributed by atoms with Crippen LogP contribution in [0, 0.1) is 11.3 Å². The van der Waals surface area contributed by atoms with Crippen LogP contribution < -0.4 is 5.32 Å². The third-order valence-electron chi connectivity index (χ3n) is 3.84. The minimum atomic E-state index is -1.06. The lowest BCUT2D eigenvalue weighted by Crippen LogP contribution is -2.42. The zero-order chi connectivity index (χ0) is 18.9. The Morgan fingerprint density at radius 3 is 2.23 bits per heavy atom. The number of hydrogen-bond acceptors (Lipinski definition) is 4. The van der Waals surface area contributed by atoms with Gasteiger partial charge in [0.1, 0.15) is 0 Å². The molecule has 6 heteroatoms. The second-order valence-corrected chi connectivity index (χ2v) is 5.76. The summed E-state index contributed by atoms with van der Waals surface area (Å²) < 4.78 is 0. The van der Waals surface area contributed by atoms with Crippen molar-refractivity contribution in [1.29, 1.82) is 5.26 Å². The molecule has 1 atom stereocenters. The Labute approximate surface area is 151 Å². The van der Waals surface area contributed by atoms with Crippen molar-refractivity contribution in [3.05, 3.63) is 71.3 Å². The zero-order valence-corrected chi connectivity index (χ0v) is 14.0. The molecule has 0 aliphatic heterocycles. The number of carbonyl (C=O) groups is 3. The predicted molar refractivity (Wildman–Crippen MR) is 94.4 cm³/mol. The average Bonchev–Trinajstić information content (AvgIpc) is 2.66. The van der Waals surface area contributed by atoms with Gasteiger partial charge in [-0.2, -0.15) is 5.26 Å². The Bertz CT molecular complexity index is 823. The van der Waals surface area contributed by atoms with E-state index in [1.165, 1.54) is 0 Å². The largest absolute Gasteiger partial charge is 0.481 e. The fraction of sp³-hybridized carbons (Fsp3) is 0.200. The van der Waals surface area contributed by atoms with E-state index >= 15 is 0 Å². The van der Waals surface area contributed by atoms with E-state index in [0.717, 1.165) is 5.56 Å². The molecule has 0 heterocycles. The number of rotatable bonds is 8. The van der Waals surface area contributed by atoms with Crippen LogP contribution in [0.25, 0.3) is 0 Å². The molecule has 2 aromatic rings. The Hall–Kier alpha value is -3.46. The number of nitrogens with one attached hydrogen (secondary N) is 1. The van der Waals surface area contributed by atoms with Crippen LogP contribution in [0.4, 0.5) is 0 Å². The van der Waals surface area contributed by atoms with E-state index in [2.05, 4.69) is 5.32 Å². The molecule has 26 heavy (non-hydrogen) atoms. The molecule has 0 saturated carbocycles. The van der Waals surface area contributed by atoms with E-state index < -0.39 is 17.9 Å². The molecule has 132 valence electrons. The maximum atomic E-state index is 12.4. The normalized spacial score (nSPS) is 11.2. The minimum Gasteiger partial charge on any atom is -0.481 e. The molecule has 0 bridgehead atoms. The van der Waals surface area contributed by atoms with Crippen LogP contribution in [0.3, 0.4) is 0 Å². The number of carbonyl (C=O) groups excluding carboxylic acids is 2. The summed E-state index contributed by atoms with van der Waals surface area (Å²) in [5.41, 5.74) is 1.69. The minimum absolute atomic E-state index is 0.161. The third-order valence-corrected chi connectivity index (χ3v) is 3.84. The molecule has 1 amide bonds.